The second-order valence-electron chi connectivity index (χ2n) is 3.27. The molecular formula is C11H15NOS. The molecule has 1 aromatic rings. The fraction of sp³-hybridized carbons (Fsp3) is 0.455. The average molecular weight is 209 g/mol. The van der Waals surface area contributed by atoms with E-state index in [1.165, 1.54) is 10.4 Å². The van der Waals surface area contributed by atoms with Crippen molar-refractivity contribution >= 4 is 11.3 Å². The molecule has 0 amide bonds. The first-order valence-corrected chi connectivity index (χ1v) is 5.87. The molecule has 1 aliphatic heterocycles. The minimum Gasteiger partial charge on any atom is -0.391 e. The van der Waals surface area contributed by atoms with Gasteiger partial charge in [-0.15, -0.1) is 11.3 Å². The number of hydrogen-bond donors (Lipinski definition) is 1. The van der Waals surface area contributed by atoms with E-state index in [1.54, 1.807) is 11.3 Å². The van der Waals surface area contributed by atoms with Gasteiger partial charge in [0.05, 0.1) is 6.61 Å². The first kappa shape index (κ1) is 9.74. The molecule has 1 atom stereocenters. The molecule has 0 saturated heterocycles. The Morgan fingerprint density at radius 3 is 3.50 bits per heavy atom. The predicted molar refractivity (Wildman–Crippen MR) is 59.5 cm³/mol. The summed E-state index contributed by atoms with van der Waals surface area (Å²) in [5.74, 6) is 0. The zero-order valence-electron chi connectivity index (χ0n) is 8.32. The van der Waals surface area contributed by atoms with E-state index in [4.69, 9.17) is 4.74 Å². The zero-order valence-corrected chi connectivity index (χ0v) is 9.14. The molecular weight excluding hydrogens is 194 g/mol. The second-order valence-corrected chi connectivity index (χ2v) is 4.22. The number of ether oxygens (including phenoxy) is 1. The van der Waals surface area contributed by atoms with Crippen molar-refractivity contribution in [2.45, 2.75) is 19.4 Å². The minimum absolute atomic E-state index is 0.165. The fourth-order valence-electron chi connectivity index (χ4n) is 1.59. The van der Waals surface area contributed by atoms with E-state index in [2.05, 4.69) is 29.8 Å². The van der Waals surface area contributed by atoms with Crippen molar-refractivity contribution in [3.8, 4) is 0 Å². The van der Waals surface area contributed by atoms with Crippen LogP contribution in [0.4, 0.5) is 0 Å². The summed E-state index contributed by atoms with van der Waals surface area (Å²) in [5.41, 5.74) is 1.45. The van der Waals surface area contributed by atoms with Crippen LogP contribution in [0.1, 0.15) is 23.5 Å². The van der Waals surface area contributed by atoms with E-state index in [0.717, 1.165) is 19.6 Å². The lowest BCUT2D eigenvalue weighted by atomic mass is 10.1. The Morgan fingerprint density at radius 1 is 1.71 bits per heavy atom. The van der Waals surface area contributed by atoms with Crippen LogP contribution < -0.4 is 5.32 Å². The van der Waals surface area contributed by atoms with Gasteiger partial charge in [-0.25, -0.2) is 0 Å². The lowest BCUT2D eigenvalue weighted by molar-refractivity contribution is 0.0777. The van der Waals surface area contributed by atoms with Crippen LogP contribution in [0, 0.1) is 0 Å². The molecule has 3 heteroatoms. The Kier molecular flexibility index (Phi) is 3.22. The van der Waals surface area contributed by atoms with Crippen LogP contribution in [-0.2, 0) is 11.2 Å². The third kappa shape index (κ3) is 1.99. The van der Waals surface area contributed by atoms with Crippen molar-refractivity contribution in [2.24, 2.45) is 0 Å². The molecule has 1 aliphatic rings. The molecule has 14 heavy (non-hydrogen) atoms. The van der Waals surface area contributed by atoms with Gasteiger partial charge >= 0.3 is 0 Å². The summed E-state index contributed by atoms with van der Waals surface area (Å²) < 4.78 is 5.69. The summed E-state index contributed by atoms with van der Waals surface area (Å²) in [6.45, 7) is 3.88. The fourth-order valence-corrected chi connectivity index (χ4v) is 2.57. The number of hydrogen-bond acceptors (Lipinski definition) is 3. The van der Waals surface area contributed by atoms with E-state index >= 15 is 0 Å². The van der Waals surface area contributed by atoms with E-state index in [-0.39, 0.29) is 6.10 Å². The van der Waals surface area contributed by atoms with Crippen molar-refractivity contribution in [2.75, 3.05) is 13.2 Å². The van der Waals surface area contributed by atoms with Crippen molar-refractivity contribution in [3.05, 3.63) is 34.2 Å². The van der Waals surface area contributed by atoms with Gasteiger partial charge in [-0.2, -0.15) is 0 Å². The third-order valence-corrected chi connectivity index (χ3v) is 3.32. The molecule has 0 bridgehead atoms. The molecule has 0 aliphatic carbocycles. The molecule has 1 N–H and O–H groups in total. The van der Waals surface area contributed by atoms with Gasteiger partial charge in [0.2, 0.25) is 0 Å². The minimum atomic E-state index is 0.165. The van der Waals surface area contributed by atoms with E-state index in [9.17, 15) is 0 Å². The highest BCUT2D eigenvalue weighted by Gasteiger charge is 2.19. The van der Waals surface area contributed by atoms with Crippen LogP contribution in [0.3, 0.4) is 0 Å². The van der Waals surface area contributed by atoms with Crippen LogP contribution >= 0.6 is 11.3 Å². The summed E-state index contributed by atoms with van der Waals surface area (Å²) in [7, 11) is 0. The van der Waals surface area contributed by atoms with E-state index < -0.39 is 0 Å². The number of rotatable bonds is 3. The first-order valence-electron chi connectivity index (χ1n) is 4.99. The normalized spacial score (nSPS) is 21.1. The largest absolute Gasteiger partial charge is 0.391 e. The monoisotopic (exact) mass is 209 g/mol. The molecule has 1 aromatic heterocycles. The summed E-state index contributed by atoms with van der Waals surface area (Å²) in [4.78, 5) is 1.37. The Balaban J connectivity index is 2.08. The molecule has 0 aromatic carbocycles. The Bertz CT molecular complexity index is 319. The van der Waals surface area contributed by atoms with Gasteiger partial charge in [0.25, 0.3) is 0 Å². The quantitative estimate of drug-likeness (QED) is 0.825. The van der Waals surface area contributed by atoms with Gasteiger partial charge < -0.3 is 10.1 Å². The number of thiophene rings is 1. The smallest absolute Gasteiger partial charge is 0.112 e. The van der Waals surface area contributed by atoms with Crippen LogP contribution in [-0.4, -0.2) is 13.2 Å². The van der Waals surface area contributed by atoms with Crippen molar-refractivity contribution in [1.82, 2.24) is 5.32 Å². The molecule has 0 saturated carbocycles. The lowest BCUT2D eigenvalue weighted by Crippen LogP contribution is -2.13. The van der Waals surface area contributed by atoms with E-state index in [0.29, 0.717) is 0 Å². The summed E-state index contributed by atoms with van der Waals surface area (Å²) in [6, 6.07) is 2.20. The van der Waals surface area contributed by atoms with E-state index in [1.807, 2.05) is 6.20 Å². The second kappa shape index (κ2) is 4.62. The maximum absolute atomic E-state index is 5.69. The van der Waals surface area contributed by atoms with Gasteiger partial charge in [-0.3, -0.25) is 0 Å². The topological polar surface area (TPSA) is 21.3 Å². The van der Waals surface area contributed by atoms with Crippen LogP contribution in [0.2, 0.25) is 0 Å². The summed E-state index contributed by atoms with van der Waals surface area (Å²) in [6.07, 6.45) is 5.31. The third-order valence-electron chi connectivity index (χ3n) is 2.30. The van der Waals surface area contributed by atoms with Gasteiger partial charge in [-0.1, -0.05) is 0 Å². The maximum Gasteiger partial charge on any atom is 0.112 e. The van der Waals surface area contributed by atoms with Crippen LogP contribution in [0.5, 0.6) is 0 Å². The standard InChI is InChI=1S/C11H15NOS/c1-2-12-6-3-10-11-9(4-7-13-10)5-8-14-11/h3,5-6,8,10,12H,2,4,7H2,1H3/b6-3+. The molecule has 2 heterocycles. The van der Waals surface area contributed by atoms with Crippen LogP contribution in [0.15, 0.2) is 23.7 Å². The van der Waals surface area contributed by atoms with Gasteiger partial charge in [0.1, 0.15) is 6.10 Å². The highest BCUT2D eigenvalue weighted by molar-refractivity contribution is 7.10. The van der Waals surface area contributed by atoms with Crippen molar-refractivity contribution in [3.63, 3.8) is 0 Å². The highest BCUT2D eigenvalue weighted by Crippen LogP contribution is 2.32. The Hall–Kier alpha value is -0.800. The molecule has 1 unspecified atom stereocenters. The van der Waals surface area contributed by atoms with Gasteiger partial charge in [0, 0.05) is 11.4 Å². The summed E-state index contributed by atoms with van der Waals surface area (Å²) >= 11 is 1.79. The molecule has 0 radical (unpaired) electrons. The van der Waals surface area contributed by atoms with Gasteiger partial charge in [0.15, 0.2) is 0 Å². The van der Waals surface area contributed by atoms with Crippen molar-refractivity contribution < 1.29 is 4.74 Å². The SMILES string of the molecule is CCN/C=C/C1OCCc2ccsc21. The first-order chi connectivity index (χ1) is 6.92. The molecule has 2 nitrogen and oxygen atoms in total. The Labute approximate surface area is 88.6 Å². The van der Waals surface area contributed by atoms with Gasteiger partial charge in [-0.05, 0) is 42.6 Å². The Morgan fingerprint density at radius 2 is 2.64 bits per heavy atom. The number of fused-ring (bicyclic) bond motifs is 1. The molecule has 0 spiro atoms. The molecule has 2 rings (SSSR count). The maximum atomic E-state index is 5.69. The predicted octanol–water partition coefficient (Wildman–Crippen LogP) is 2.49. The zero-order chi connectivity index (χ0) is 9.80. The average Bonchev–Trinajstić information content (AvgIpc) is 2.67. The molecule has 0 fully saturated rings. The van der Waals surface area contributed by atoms with Crippen molar-refractivity contribution in [1.29, 1.82) is 0 Å². The van der Waals surface area contributed by atoms with Crippen LogP contribution in [0.25, 0.3) is 0 Å². The number of nitrogens with one attached hydrogen (secondary N) is 1. The lowest BCUT2D eigenvalue weighted by Gasteiger charge is -2.20. The summed E-state index contributed by atoms with van der Waals surface area (Å²) in [5, 5.41) is 5.31. The molecule has 76 valence electrons. The highest BCUT2D eigenvalue weighted by atomic mass is 32.1.